The number of aliphatic hydroxyl groups excluding tert-OH is 1. The number of aryl methyl sites for hydroxylation is 1. The number of likely N-dealkylation sites (tertiary alicyclic amines) is 1. The van der Waals surface area contributed by atoms with E-state index in [9.17, 15) is 14.7 Å². The summed E-state index contributed by atoms with van der Waals surface area (Å²) < 4.78 is 5.90. The molecule has 184 valence electrons. The number of nitrogens with zero attached hydrogens (tertiary/aromatic N) is 3. The van der Waals surface area contributed by atoms with Gasteiger partial charge in [-0.05, 0) is 59.5 Å². The Hall–Kier alpha value is -4.78. The number of benzene rings is 2. The Bertz CT molecular complexity index is 1450. The average molecular weight is 492 g/mol. The molecule has 7 heteroatoms. The van der Waals surface area contributed by atoms with Crippen molar-refractivity contribution < 1.29 is 19.4 Å². The first-order valence-electron chi connectivity index (χ1n) is 11.9. The molecule has 1 saturated heterocycles. The molecule has 1 N–H and O–H groups in total. The maximum atomic E-state index is 13.3. The predicted octanol–water partition coefficient (Wildman–Crippen LogP) is 4.99. The van der Waals surface area contributed by atoms with Crippen LogP contribution in [0.25, 0.3) is 5.76 Å². The number of aliphatic hydroxyl groups is 1. The van der Waals surface area contributed by atoms with Crippen LogP contribution >= 0.6 is 0 Å². The van der Waals surface area contributed by atoms with E-state index in [4.69, 9.17) is 4.74 Å². The van der Waals surface area contributed by atoms with Crippen LogP contribution in [-0.4, -0.2) is 31.7 Å². The summed E-state index contributed by atoms with van der Waals surface area (Å²) in [6.45, 7) is 2.40. The van der Waals surface area contributed by atoms with Crippen molar-refractivity contribution in [1.82, 2.24) is 14.9 Å². The molecular weight excluding hydrogens is 466 g/mol. The Kier molecular flexibility index (Phi) is 6.76. The zero-order valence-corrected chi connectivity index (χ0v) is 20.2. The molecule has 1 aliphatic rings. The summed E-state index contributed by atoms with van der Waals surface area (Å²) in [6, 6.07) is 21.4. The minimum atomic E-state index is -0.790. The minimum absolute atomic E-state index is 0.0305. The number of hydrogen-bond acceptors (Lipinski definition) is 6. The van der Waals surface area contributed by atoms with E-state index in [-0.39, 0.29) is 17.9 Å². The largest absolute Gasteiger partial charge is 0.507 e. The number of ether oxygens (including phenoxy) is 1. The fourth-order valence-corrected chi connectivity index (χ4v) is 4.49. The maximum absolute atomic E-state index is 13.3. The number of pyridine rings is 2. The summed E-state index contributed by atoms with van der Waals surface area (Å²) in [5, 5.41) is 11.4. The van der Waals surface area contributed by atoms with Crippen LogP contribution in [0.2, 0.25) is 0 Å². The number of amides is 1. The van der Waals surface area contributed by atoms with E-state index < -0.39 is 17.7 Å². The van der Waals surface area contributed by atoms with Crippen LogP contribution in [0.15, 0.2) is 103 Å². The van der Waals surface area contributed by atoms with Gasteiger partial charge in [-0.3, -0.25) is 19.6 Å². The highest BCUT2D eigenvalue weighted by Gasteiger charge is 2.46. The van der Waals surface area contributed by atoms with Crippen LogP contribution in [0.3, 0.4) is 0 Å². The van der Waals surface area contributed by atoms with Gasteiger partial charge in [-0.1, -0.05) is 42.5 Å². The second-order valence-electron chi connectivity index (χ2n) is 8.83. The highest BCUT2D eigenvalue weighted by Crippen LogP contribution is 2.40. The van der Waals surface area contributed by atoms with Crippen molar-refractivity contribution in [3.63, 3.8) is 0 Å². The van der Waals surface area contributed by atoms with Gasteiger partial charge in [0, 0.05) is 36.9 Å². The van der Waals surface area contributed by atoms with E-state index in [0.717, 1.165) is 11.1 Å². The Balaban J connectivity index is 1.51. The van der Waals surface area contributed by atoms with E-state index in [0.29, 0.717) is 29.0 Å². The number of hydrogen-bond donors (Lipinski definition) is 1. The smallest absolute Gasteiger partial charge is 0.295 e. The van der Waals surface area contributed by atoms with Crippen LogP contribution in [-0.2, 0) is 22.7 Å². The SMILES string of the molecule is Cc1cc(OCc2ccccc2)ccc1C(O)=C1C(=O)C(=O)N(Cc2cccnc2)C1c1cccnc1. The lowest BCUT2D eigenvalue weighted by molar-refractivity contribution is -0.140. The first kappa shape index (κ1) is 23.9. The quantitative estimate of drug-likeness (QED) is 0.223. The van der Waals surface area contributed by atoms with Crippen LogP contribution in [0.1, 0.15) is 33.9 Å². The summed E-state index contributed by atoms with van der Waals surface area (Å²) in [4.78, 5) is 36.2. The van der Waals surface area contributed by atoms with Crippen LogP contribution in [0.4, 0.5) is 0 Å². The number of carbonyl (C=O) groups excluding carboxylic acids is 2. The van der Waals surface area contributed by atoms with Gasteiger partial charge in [-0.25, -0.2) is 0 Å². The van der Waals surface area contributed by atoms with E-state index >= 15 is 0 Å². The first-order chi connectivity index (χ1) is 18.0. The molecule has 0 saturated carbocycles. The minimum Gasteiger partial charge on any atom is -0.507 e. The molecule has 1 aliphatic heterocycles. The Morgan fingerprint density at radius 2 is 1.65 bits per heavy atom. The third kappa shape index (κ3) is 4.97. The van der Waals surface area contributed by atoms with Crippen molar-refractivity contribution >= 4 is 17.4 Å². The fourth-order valence-electron chi connectivity index (χ4n) is 4.49. The van der Waals surface area contributed by atoms with E-state index in [1.165, 1.54) is 4.90 Å². The third-order valence-corrected chi connectivity index (χ3v) is 6.32. The Morgan fingerprint density at radius 3 is 2.32 bits per heavy atom. The molecule has 3 heterocycles. The van der Waals surface area contributed by atoms with Crippen LogP contribution < -0.4 is 4.74 Å². The molecule has 2 aromatic carbocycles. The molecule has 37 heavy (non-hydrogen) atoms. The second-order valence-corrected chi connectivity index (χ2v) is 8.83. The number of carbonyl (C=O) groups is 2. The van der Waals surface area contributed by atoms with Crippen molar-refractivity contribution in [3.8, 4) is 5.75 Å². The predicted molar refractivity (Wildman–Crippen MR) is 138 cm³/mol. The monoisotopic (exact) mass is 491 g/mol. The van der Waals surface area contributed by atoms with Gasteiger partial charge in [-0.2, -0.15) is 0 Å². The molecule has 0 aliphatic carbocycles. The highest BCUT2D eigenvalue weighted by atomic mass is 16.5. The average Bonchev–Trinajstić information content (AvgIpc) is 3.18. The van der Waals surface area contributed by atoms with Gasteiger partial charge in [0.1, 0.15) is 18.1 Å². The standard InChI is InChI=1S/C30H25N3O4/c1-20-15-24(37-19-21-7-3-2-4-8-21)11-12-25(20)28(34)26-27(23-10-6-14-32-17-23)33(30(36)29(26)35)18-22-9-5-13-31-16-22/h2-17,27,34H,18-19H2,1H3. The third-order valence-electron chi connectivity index (χ3n) is 6.32. The maximum Gasteiger partial charge on any atom is 0.295 e. The molecule has 0 spiro atoms. The molecule has 1 fully saturated rings. The van der Waals surface area contributed by atoms with Gasteiger partial charge in [-0.15, -0.1) is 0 Å². The Morgan fingerprint density at radius 1 is 0.919 bits per heavy atom. The molecular formula is C30H25N3O4. The fraction of sp³-hybridized carbons (Fsp3) is 0.133. The summed E-state index contributed by atoms with van der Waals surface area (Å²) >= 11 is 0. The van der Waals surface area contributed by atoms with Crippen LogP contribution in [0.5, 0.6) is 5.75 Å². The molecule has 2 aromatic heterocycles. The van der Waals surface area contributed by atoms with Crippen molar-refractivity contribution in [2.75, 3.05) is 0 Å². The molecule has 0 bridgehead atoms. The van der Waals surface area contributed by atoms with Gasteiger partial charge < -0.3 is 14.7 Å². The summed E-state index contributed by atoms with van der Waals surface area (Å²) in [5.41, 5.74) is 3.65. The molecule has 1 amide bonds. The van der Waals surface area contributed by atoms with Gasteiger partial charge in [0.15, 0.2) is 0 Å². The molecule has 7 nitrogen and oxygen atoms in total. The number of rotatable bonds is 7. The van der Waals surface area contributed by atoms with Gasteiger partial charge >= 0.3 is 0 Å². The van der Waals surface area contributed by atoms with E-state index in [1.54, 1.807) is 55.1 Å². The molecule has 1 atom stereocenters. The van der Waals surface area contributed by atoms with Crippen molar-refractivity contribution in [3.05, 3.63) is 131 Å². The Labute approximate surface area is 214 Å². The van der Waals surface area contributed by atoms with Gasteiger partial charge in [0.2, 0.25) is 0 Å². The lowest BCUT2D eigenvalue weighted by Crippen LogP contribution is -2.29. The molecule has 4 aromatic rings. The number of Topliss-reactive ketones (excluding diaryl/α,β-unsaturated/α-hetero) is 1. The molecule has 0 radical (unpaired) electrons. The van der Waals surface area contributed by atoms with E-state index in [2.05, 4.69) is 9.97 Å². The zero-order chi connectivity index (χ0) is 25.8. The highest BCUT2D eigenvalue weighted by molar-refractivity contribution is 6.46. The number of ketones is 1. The van der Waals surface area contributed by atoms with Crippen molar-refractivity contribution in [2.24, 2.45) is 0 Å². The topological polar surface area (TPSA) is 92.6 Å². The summed E-state index contributed by atoms with van der Waals surface area (Å²) in [5.74, 6) is -1.01. The molecule has 5 rings (SSSR count). The van der Waals surface area contributed by atoms with Gasteiger partial charge in [0.05, 0.1) is 11.6 Å². The zero-order valence-electron chi connectivity index (χ0n) is 20.2. The van der Waals surface area contributed by atoms with Gasteiger partial charge in [0.25, 0.3) is 11.7 Å². The summed E-state index contributed by atoms with van der Waals surface area (Å²) in [6.07, 6.45) is 6.52. The van der Waals surface area contributed by atoms with Crippen molar-refractivity contribution in [2.45, 2.75) is 26.1 Å². The van der Waals surface area contributed by atoms with E-state index in [1.807, 2.05) is 49.4 Å². The summed E-state index contributed by atoms with van der Waals surface area (Å²) in [7, 11) is 0. The normalized spacial score (nSPS) is 16.7. The van der Waals surface area contributed by atoms with Crippen LogP contribution in [0, 0.1) is 6.92 Å². The van der Waals surface area contributed by atoms with Crippen molar-refractivity contribution in [1.29, 1.82) is 0 Å². The molecule has 1 unspecified atom stereocenters. The first-order valence-corrected chi connectivity index (χ1v) is 11.9. The lowest BCUT2D eigenvalue weighted by Gasteiger charge is -2.25. The second kappa shape index (κ2) is 10.5. The number of aromatic nitrogens is 2. The lowest BCUT2D eigenvalue weighted by atomic mass is 9.94.